The van der Waals surface area contributed by atoms with Crippen molar-refractivity contribution in [1.29, 1.82) is 5.26 Å². The maximum atomic E-state index is 10.0. The van der Waals surface area contributed by atoms with E-state index in [-0.39, 0.29) is 5.92 Å². The molecule has 0 amide bonds. The van der Waals surface area contributed by atoms with Crippen LogP contribution in [0.15, 0.2) is 24.3 Å². The molecule has 0 bridgehead atoms. The monoisotopic (exact) mass is 217 g/mol. The van der Waals surface area contributed by atoms with Crippen LogP contribution in [0.1, 0.15) is 24.3 Å². The van der Waals surface area contributed by atoms with E-state index in [4.69, 9.17) is 4.74 Å². The summed E-state index contributed by atoms with van der Waals surface area (Å²) in [4.78, 5) is 0. The van der Waals surface area contributed by atoms with E-state index < -0.39 is 12.0 Å². The summed E-state index contributed by atoms with van der Waals surface area (Å²) < 4.78 is 5.22. The first-order valence-corrected chi connectivity index (χ1v) is 5.48. The van der Waals surface area contributed by atoms with E-state index in [2.05, 4.69) is 6.07 Å². The average Bonchev–Trinajstić information content (AvgIpc) is 3.14. The molecule has 1 N–H and O–H groups in total. The number of ether oxygens (including phenoxy) is 1. The van der Waals surface area contributed by atoms with Crippen LogP contribution in [0.4, 0.5) is 0 Å². The van der Waals surface area contributed by atoms with Gasteiger partial charge in [-0.3, -0.25) is 0 Å². The predicted octanol–water partition coefficient (Wildman–Crippen LogP) is 2.07. The number of para-hydroxylation sites is 1. The third-order valence-corrected chi connectivity index (χ3v) is 3.06. The molecule has 3 nitrogen and oxygen atoms in total. The average molecular weight is 217 g/mol. The first-order valence-electron chi connectivity index (χ1n) is 5.48. The van der Waals surface area contributed by atoms with Crippen LogP contribution in [0.2, 0.25) is 0 Å². The highest BCUT2D eigenvalue weighted by Crippen LogP contribution is 2.40. The van der Waals surface area contributed by atoms with E-state index in [0.29, 0.717) is 5.75 Å². The standard InChI is InChI=1S/C13H15NO2/c1-16-12-5-3-2-4-10(12)11(8-14)13(15)9-6-7-9/h2-5,9,11,13,15H,6-7H2,1H3. The molecule has 84 valence electrons. The van der Waals surface area contributed by atoms with Crippen LogP contribution in [0.3, 0.4) is 0 Å². The molecule has 2 unspecified atom stereocenters. The minimum absolute atomic E-state index is 0.287. The van der Waals surface area contributed by atoms with Gasteiger partial charge in [-0.15, -0.1) is 0 Å². The van der Waals surface area contributed by atoms with Crippen molar-refractivity contribution in [2.75, 3.05) is 7.11 Å². The Bertz CT molecular complexity index is 407. The fraction of sp³-hybridized carbons (Fsp3) is 0.462. The van der Waals surface area contributed by atoms with Crippen molar-refractivity contribution in [3.8, 4) is 11.8 Å². The third-order valence-electron chi connectivity index (χ3n) is 3.06. The topological polar surface area (TPSA) is 53.2 Å². The highest BCUT2D eigenvalue weighted by atomic mass is 16.5. The largest absolute Gasteiger partial charge is 0.496 e. The van der Waals surface area contributed by atoms with Crippen molar-refractivity contribution in [2.24, 2.45) is 5.92 Å². The maximum Gasteiger partial charge on any atom is 0.123 e. The lowest BCUT2D eigenvalue weighted by atomic mass is 9.91. The molecule has 3 heteroatoms. The van der Waals surface area contributed by atoms with E-state index in [1.165, 1.54) is 0 Å². The summed E-state index contributed by atoms with van der Waals surface area (Å²) in [5, 5.41) is 19.2. The molecule has 0 aromatic heterocycles. The molecule has 1 fully saturated rings. The van der Waals surface area contributed by atoms with Crippen LogP contribution in [0.25, 0.3) is 0 Å². The molecule has 2 atom stereocenters. The highest BCUT2D eigenvalue weighted by molar-refractivity contribution is 5.40. The lowest BCUT2D eigenvalue weighted by Gasteiger charge is -2.18. The Labute approximate surface area is 95.3 Å². The van der Waals surface area contributed by atoms with E-state index in [1.54, 1.807) is 7.11 Å². The number of rotatable bonds is 4. The van der Waals surface area contributed by atoms with E-state index in [0.717, 1.165) is 18.4 Å². The Kier molecular flexibility index (Phi) is 3.12. The second-order valence-corrected chi connectivity index (χ2v) is 4.18. The lowest BCUT2D eigenvalue weighted by molar-refractivity contribution is 0.137. The smallest absolute Gasteiger partial charge is 0.123 e. The number of nitrogens with zero attached hydrogens (tertiary/aromatic N) is 1. The molecule has 1 saturated carbocycles. The van der Waals surface area contributed by atoms with Gasteiger partial charge in [0.2, 0.25) is 0 Å². The molecular weight excluding hydrogens is 202 g/mol. The third kappa shape index (κ3) is 2.02. The number of benzene rings is 1. The number of aliphatic hydroxyl groups excluding tert-OH is 1. The second kappa shape index (κ2) is 4.54. The fourth-order valence-corrected chi connectivity index (χ4v) is 1.96. The van der Waals surface area contributed by atoms with Gasteiger partial charge in [-0.1, -0.05) is 18.2 Å². The Morgan fingerprint density at radius 1 is 1.44 bits per heavy atom. The van der Waals surface area contributed by atoms with Crippen LogP contribution >= 0.6 is 0 Å². The van der Waals surface area contributed by atoms with Gasteiger partial charge in [0.1, 0.15) is 11.7 Å². The summed E-state index contributed by atoms with van der Waals surface area (Å²) in [6.07, 6.45) is 1.48. The minimum Gasteiger partial charge on any atom is -0.496 e. The van der Waals surface area contributed by atoms with Gasteiger partial charge in [-0.2, -0.15) is 5.26 Å². The molecule has 0 spiro atoms. The van der Waals surface area contributed by atoms with E-state index in [9.17, 15) is 10.4 Å². The first kappa shape index (κ1) is 11.0. The van der Waals surface area contributed by atoms with Crippen LogP contribution in [0.5, 0.6) is 5.75 Å². The molecule has 1 aromatic rings. The molecule has 0 aliphatic heterocycles. The molecule has 0 heterocycles. The summed E-state index contributed by atoms with van der Waals surface area (Å²) in [5.41, 5.74) is 0.784. The number of methoxy groups -OCH3 is 1. The number of aliphatic hydroxyl groups is 1. The van der Waals surface area contributed by atoms with Crippen molar-refractivity contribution in [1.82, 2.24) is 0 Å². The maximum absolute atomic E-state index is 10.0. The Morgan fingerprint density at radius 2 is 2.12 bits per heavy atom. The Hall–Kier alpha value is -1.53. The molecule has 0 radical (unpaired) electrons. The van der Waals surface area contributed by atoms with E-state index in [1.807, 2.05) is 24.3 Å². The zero-order valence-electron chi connectivity index (χ0n) is 9.26. The molecule has 1 aliphatic carbocycles. The van der Waals surface area contributed by atoms with Gasteiger partial charge in [0.25, 0.3) is 0 Å². The zero-order chi connectivity index (χ0) is 11.5. The van der Waals surface area contributed by atoms with Gasteiger partial charge in [0.15, 0.2) is 0 Å². The number of hydrogen-bond donors (Lipinski definition) is 1. The summed E-state index contributed by atoms with van der Waals surface area (Å²) in [5.74, 6) is 0.479. The summed E-state index contributed by atoms with van der Waals surface area (Å²) in [7, 11) is 1.58. The van der Waals surface area contributed by atoms with Crippen LogP contribution in [-0.2, 0) is 0 Å². The number of hydrogen-bond acceptors (Lipinski definition) is 3. The van der Waals surface area contributed by atoms with Crippen LogP contribution < -0.4 is 4.74 Å². The summed E-state index contributed by atoms with van der Waals surface area (Å²) in [6.45, 7) is 0. The lowest BCUT2D eigenvalue weighted by Crippen LogP contribution is -2.19. The highest BCUT2D eigenvalue weighted by Gasteiger charge is 2.37. The second-order valence-electron chi connectivity index (χ2n) is 4.18. The predicted molar refractivity (Wildman–Crippen MR) is 60.1 cm³/mol. The van der Waals surface area contributed by atoms with Gasteiger partial charge < -0.3 is 9.84 Å². The van der Waals surface area contributed by atoms with E-state index >= 15 is 0 Å². The molecule has 1 aliphatic rings. The van der Waals surface area contributed by atoms with Crippen molar-refractivity contribution in [2.45, 2.75) is 24.9 Å². The van der Waals surface area contributed by atoms with Gasteiger partial charge in [-0.05, 0) is 24.8 Å². The zero-order valence-corrected chi connectivity index (χ0v) is 9.26. The fourth-order valence-electron chi connectivity index (χ4n) is 1.96. The Morgan fingerprint density at radius 3 is 2.69 bits per heavy atom. The van der Waals surface area contributed by atoms with Crippen LogP contribution in [0, 0.1) is 17.2 Å². The van der Waals surface area contributed by atoms with Gasteiger partial charge in [0, 0.05) is 5.56 Å². The Balaban J connectivity index is 2.29. The summed E-state index contributed by atoms with van der Waals surface area (Å²) >= 11 is 0. The molecular formula is C13H15NO2. The molecule has 2 rings (SSSR count). The van der Waals surface area contributed by atoms with Crippen molar-refractivity contribution < 1.29 is 9.84 Å². The quantitative estimate of drug-likeness (QED) is 0.840. The van der Waals surface area contributed by atoms with Crippen molar-refractivity contribution >= 4 is 0 Å². The van der Waals surface area contributed by atoms with Crippen molar-refractivity contribution in [3.63, 3.8) is 0 Å². The first-order chi connectivity index (χ1) is 7.77. The van der Waals surface area contributed by atoms with Gasteiger partial charge in [0.05, 0.1) is 19.3 Å². The SMILES string of the molecule is COc1ccccc1C(C#N)C(O)C1CC1. The summed E-state index contributed by atoms with van der Waals surface area (Å²) in [6, 6.07) is 9.57. The number of nitriles is 1. The molecule has 1 aromatic carbocycles. The minimum atomic E-state index is -0.568. The van der Waals surface area contributed by atoms with Crippen LogP contribution in [-0.4, -0.2) is 18.3 Å². The normalized spacial score (nSPS) is 18.6. The van der Waals surface area contributed by atoms with Gasteiger partial charge >= 0.3 is 0 Å². The molecule has 16 heavy (non-hydrogen) atoms. The van der Waals surface area contributed by atoms with Gasteiger partial charge in [-0.25, -0.2) is 0 Å². The van der Waals surface area contributed by atoms with Crippen molar-refractivity contribution in [3.05, 3.63) is 29.8 Å². The molecule has 0 saturated heterocycles.